The summed E-state index contributed by atoms with van der Waals surface area (Å²) in [4.78, 5) is 0.302. The summed E-state index contributed by atoms with van der Waals surface area (Å²) in [6, 6.07) is 6.49. The van der Waals surface area contributed by atoms with Crippen molar-refractivity contribution in [3.8, 4) is 5.75 Å². The van der Waals surface area contributed by atoms with Gasteiger partial charge in [0.05, 0.1) is 18.1 Å². The van der Waals surface area contributed by atoms with E-state index in [4.69, 9.17) is 15.2 Å². The van der Waals surface area contributed by atoms with E-state index in [1.807, 2.05) is 0 Å². The molecule has 0 bridgehead atoms. The van der Waals surface area contributed by atoms with E-state index < -0.39 is 10.0 Å². The van der Waals surface area contributed by atoms with E-state index in [0.29, 0.717) is 36.9 Å². The minimum Gasteiger partial charge on any atom is -0.497 e. The van der Waals surface area contributed by atoms with Gasteiger partial charge in [-0.1, -0.05) is 0 Å². The summed E-state index contributed by atoms with van der Waals surface area (Å²) in [6.45, 7) is 2.24. The van der Waals surface area contributed by atoms with E-state index >= 15 is 0 Å². The first-order chi connectivity index (χ1) is 10.6. The van der Waals surface area contributed by atoms with E-state index in [2.05, 4.69) is 0 Å². The normalized spacial score (nSPS) is 17.5. The summed E-state index contributed by atoms with van der Waals surface area (Å²) in [5.41, 5.74) is 5.43. The molecule has 0 amide bonds. The monoisotopic (exact) mass is 328 g/mol. The van der Waals surface area contributed by atoms with Crippen molar-refractivity contribution in [3.63, 3.8) is 0 Å². The highest BCUT2D eigenvalue weighted by Gasteiger charge is 2.29. The van der Waals surface area contributed by atoms with Gasteiger partial charge in [-0.15, -0.1) is 0 Å². The Labute approximate surface area is 132 Å². The number of benzene rings is 1. The first-order valence-corrected chi connectivity index (χ1v) is 8.98. The smallest absolute Gasteiger partial charge is 0.243 e. The molecule has 1 fully saturated rings. The molecule has 0 unspecified atom stereocenters. The van der Waals surface area contributed by atoms with Gasteiger partial charge in [-0.3, -0.25) is 0 Å². The zero-order valence-electron chi connectivity index (χ0n) is 12.9. The predicted molar refractivity (Wildman–Crippen MR) is 84.4 cm³/mol. The van der Waals surface area contributed by atoms with Crippen molar-refractivity contribution in [3.05, 3.63) is 24.3 Å². The average Bonchev–Trinajstić information content (AvgIpc) is 2.55. The number of nitrogens with two attached hydrogens (primary N) is 1. The predicted octanol–water partition coefficient (Wildman–Crippen LogP) is 1.21. The molecule has 6 nitrogen and oxygen atoms in total. The zero-order chi connectivity index (χ0) is 16.0. The highest BCUT2D eigenvalue weighted by molar-refractivity contribution is 7.89. The third-order valence-electron chi connectivity index (χ3n) is 3.80. The lowest BCUT2D eigenvalue weighted by Crippen LogP contribution is -2.40. The van der Waals surface area contributed by atoms with Crippen LogP contribution >= 0.6 is 0 Å². The lowest BCUT2D eigenvalue weighted by molar-refractivity contribution is 0.0209. The minimum atomic E-state index is -3.43. The summed E-state index contributed by atoms with van der Waals surface area (Å²) >= 11 is 0. The maximum absolute atomic E-state index is 12.6. The van der Waals surface area contributed by atoms with Crippen LogP contribution in [-0.2, 0) is 14.8 Å². The first-order valence-electron chi connectivity index (χ1n) is 7.54. The van der Waals surface area contributed by atoms with Gasteiger partial charge in [-0.05, 0) is 50.1 Å². The van der Waals surface area contributed by atoms with Gasteiger partial charge in [0, 0.05) is 19.7 Å². The van der Waals surface area contributed by atoms with Crippen LogP contribution in [0.15, 0.2) is 29.2 Å². The molecule has 0 radical (unpaired) electrons. The molecule has 1 aliphatic rings. The van der Waals surface area contributed by atoms with Crippen LogP contribution in [0.5, 0.6) is 5.75 Å². The second-order valence-electron chi connectivity index (χ2n) is 5.29. The molecule has 0 aliphatic carbocycles. The molecule has 124 valence electrons. The lowest BCUT2D eigenvalue weighted by Gasteiger charge is -2.31. The number of piperidine rings is 1. The number of methoxy groups -OCH3 is 1. The Morgan fingerprint density at radius 3 is 2.41 bits per heavy atom. The van der Waals surface area contributed by atoms with Gasteiger partial charge in [-0.2, -0.15) is 4.31 Å². The fraction of sp³-hybridized carbons (Fsp3) is 0.600. The summed E-state index contributed by atoms with van der Waals surface area (Å²) in [5, 5.41) is 0. The summed E-state index contributed by atoms with van der Waals surface area (Å²) < 4.78 is 37.4. The largest absolute Gasteiger partial charge is 0.497 e. The van der Waals surface area contributed by atoms with Gasteiger partial charge < -0.3 is 15.2 Å². The van der Waals surface area contributed by atoms with E-state index in [0.717, 1.165) is 19.3 Å². The molecular formula is C15H24N2O4S. The quantitative estimate of drug-likeness (QED) is 0.761. The first kappa shape index (κ1) is 17.2. The Hall–Kier alpha value is -1.15. The minimum absolute atomic E-state index is 0.133. The molecule has 2 rings (SSSR count). The van der Waals surface area contributed by atoms with E-state index in [-0.39, 0.29) is 6.10 Å². The SMILES string of the molecule is COc1ccc(S(=O)(=O)N2CCC(OCCCN)CC2)cc1. The van der Waals surface area contributed by atoms with Crippen molar-refractivity contribution in [1.29, 1.82) is 0 Å². The fourth-order valence-electron chi connectivity index (χ4n) is 2.47. The highest BCUT2D eigenvalue weighted by atomic mass is 32.2. The summed E-state index contributed by atoms with van der Waals surface area (Å²) in [6.07, 6.45) is 2.42. The average molecular weight is 328 g/mol. The molecule has 1 aliphatic heterocycles. The number of nitrogens with zero attached hydrogens (tertiary/aromatic N) is 1. The van der Waals surface area contributed by atoms with Gasteiger partial charge in [0.25, 0.3) is 0 Å². The standard InChI is InChI=1S/C15H24N2O4S/c1-20-13-3-5-15(6-4-13)22(18,19)17-10-7-14(8-11-17)21-12-2-9-16/h3-6,14H,2,7-12,16H2,1H3. The molecule has 0 atom stereocenters. The Morgan fingerprint density at radius 1 is 1.23 bits per heavy atom. The number of hydrogen-bond donors (Lipinski definition) is 1. The molecule has 22 heavy (non-hydrogen) atoms. The Balaban J connectivity index is 1.94. The summed E-state index contributed by atoms with van der Waals surface area (Å²) in [7, 11) is -1.88. The van der Waals surface area contributed by atoms with Crippen molar-refractivity contribution in [2.24, 2.45) is 5.73 Å². The molecule has 1 aromatic carbocycles. The van der Waals surface area contributed by atoms with Gasteiger partial charge in [0.15, 0.2) is 0 Å². The van der Waals surface area contributed by atoms with Gasteiger partial charge in [0.1, 0.15) is 5.75 Å². The number of ether oxygens (including phenoxy) is 2. The van der Waals surface area contributed by atoms with Crippen LogP contribution in [0.25, 0.3) is 0 Å². The van der Waals surface area contributed by atoms with Gasteiger partial charge >= 0.3 is 0 Å². The lowest BCUT2D eigenvalue weighted by atomic mass is 10.1. The molecule has 1 aromatic rings. The highest BCUT2D eigenvalue weighted by Crippen LogP contribution is 2.23. The van der Waals surface area contributed by atoms with Gasteiger partial charge in [-0.25, -0.2) is 8.42 Å². The van der Waals surface area contributed by atoms with Crippen LogP contribution in [-0.4, -0.2) is 52.2 Å². The Bertz CT molecular complexity index is 551. The molecule has 0 spiro atoms. The molecule has 1 saturated heterocycles. The van der Waals surface area contributed by atoms with E-state index in [9.17, 15) is 8.42 Å². The third kappa shape index (κ3) is 4.19. The van der Waals surface area contributed by atoms with Crippen LogP contribution in [0.3, 0.4) is 0 Å². The molecule has 0 saturated carbocycles. The third-order valence-corrected chi connectivity index (χ3v) is 5.71. The molecule has 2 N–H and O–H groups in total. The molecule has 1 heterocycles. The van der Waals surface area contributed by atoms with Crippen LogP contribution in [0.4, 0.5) is 0 Å². The zero-order valence-corrected chi connectivity index (χ0v) is 13.7. The summed E-state index contributed by atoms with van der Waals surface area (Å²) in [5.74, 6) is 0.644. The topological polar surface area (TPSA) is 81.9 Å². The maximum Gasteiger partial charge on any atom is 0.243 e. The Morgan fingerprint density at radius 2 is 1.86 bits per heavy atom. The van der Waals surface area contributed by atoms with Crippen molar-refractivity contribution in [2.75, 3.05) is 33.4 Å². The number of sulfonamides is 1. The van der Waals surface area contributed by atoms with Gasteiger partial charge in [0.2, 0.25) is 10.0 Å². The molecular weight excluding hydrogens is 304 g/mol. The van der Waals surface area contributed by atoms with Crippen LogP contribution in [0.1, 0.15) is 19.3 Å². The second-order valence-corrected chi connectivity index (χ2v) is 7.23. The van der Waals surface area contributed by atoms with E-state index in [1.54, 1.807) is 31.4 Å². The fourth-order valence-corrected chi connectivity index (χ4v) is 3.94. The Kier molecular flexibility index (Phi) is 6.19. The number of rotatable bonds is 7. The maximum atomic E-state index is 12.6. The van der Waals surface area contributed by atoms with Crippen LogP contribution in [0, 0.1) is 0 Å². The van der Waals surface area contributed by atoms with Crippen molar-refractivity contribution in [2.45, 2.75) is 30.3 Å². The number of hydrogen-bond acceptors (Lipinski definition) is 5. The van der Waals surface area contributed by atoms with Crippen LogP contribution < -0.4 is 10.5 Å². The van der Waals surface area contributed by atoms with E-state index in [1.165, 1.54) is 4.31 Å². The molecule has 7 heteroatoms. The van der Waals surface area contributed by atoms with Crippen molar-refractivity contribution >= 4 is 10.0 Å². The second kappa shape index (κ2) is 7.92. The van der Waals surface area contributed by atoms with Crippen molar-refractivity contribution in [1.82, 2.24) is 4.31 Å². The molecule has 0 aromatic heterocycles. The van der Waals surface area contributed by atoms with Crippen molar-refractivity contribution < 1.29 is 17.9 Å². The van der Waals surface area contributed by atoms with Crippen LogP contribution in [0.2, 0.25) is 0 Å².